The smallest absolute Gasteiger partial charge is 0.0450 e. The van der Waals surface area contributed by atoms with E-state index in [9.17, 15) is 0 Å². The summed E-state index contributed by atoms with van der Waals surface area (Å²) in [4.78, 5) is 6.91. The van der Waals surface area contributed by atoms with Crippen LogP contribution in [0.2, 0.25) is 0 Å². The maximum atomic E-state index is 4.39. The first-order chi connectivity index (χ1) is 10.2. The molecule has 1 N–H and O–H groups in total. The first kappa shape index (κ1) is 14.2. The third kappa shape index (κ3) is 3.31. The summed E-state index contributed by atoms with van der Waals surface area (Å²) >= 11 is 0. The van der Waals surface area contributed by atoms with Gasteiger partial charge in [-0.15, -0.1) is 0 Å². The Bertz CT molecular complexity index is 616. The van der Waals surface area contributed by atoms with Gasteiger partial charge in [-0.2, -0.15) is 0 Å². The molecule has 0 atom stereocenters. The standard InChI is InChI=1S/C18H23N3/c1-14-12-16(18-4-3-7-20-15(18)2)5-6-17(14)13-21-10-8-19-9-11-21/h3-7,12,19H,8-11,13H2,1-2H3. The Morgan fingerprint density at radius 3 is 2.67 bits per heavy atom. The summed E-state index contributed by atoms with van der Waals surface area (Å²) in [6.45, 7) is 9.83. The first-order valence-electron chi connectivity index (χ1n) is 7.68. The molecule has 3 nitrogen and oxygen atoms in total. The van der Waals surface area contributed by atoms with Gasteiger partial charge in [-0.05, 0) is 36.6 Å². The molecule has 1 aromatic heterocycles. The van der Waals surface area contributed by atoms with Gasteiger partial charge in [0.2, 0.25) is 0 Å². The van der Waals surface area contributed by atoms with Crippen LogP contribution in [0, 0.1) is 13.8 Å². The van der Waals surface area contributed by atoms with Crippen molar-refractivity contribution in [3.8, 4) is 11.1 Å². The lowest BCUT2D eigenvalue weighted by Gasteiger charge is -2.27. The lowest BCUT2D eigenvalue weighted by atomic mass is 9.99. The molecule has 0 saturated carbocycles. The maximum absolute atomic E-state index is 4.39. The van der Waals surface area contributed by atoms with Crippen LogP contribution >= 0.6 is 0 Å². The van der Waals surface area contributed by atoms with Gasteiger partial charge < -0.3 is 5.32 Å². The summed E-state index contributed by atoms with van der Waals surface area (Å²) < 4.78 is 0. The van der Waals surface area contributed by atoms with Gasteiger partial charge in [0.25, 0.3) is 0 Å². The molecule has 110 valence electrons. The fourth-order valence-electron chi connectivity index (χ4n) is 2.94. The second-order valence-electron chi connectivity index (χ2n) is 5.80. The van der Waals surface area contributed by atoms with E-state index in [0.29, 0.717) is 0 Å². The minimum Gasteiger partial charge on any atom is -0.314 e. The average molecular weight is 281 g/mol. The lowest BCUT2D eigenvalue weighted by Crippen LogP contribution is -2.42. The van der Waals surface area contributed by atoms with Crippen molar-refractivity contribution in [2.75, 3.05) is 26.2 Å². The van der Waals surface area contributed by atoms with E-state index < -0.39 is 0 Å². The van der Waals surface area contributed by atoms with Gasteiger partial charge in [0, 0.05) is 50.2 Å². The zero-order chi connectivity index (χ0) is 14.7. The quantitative estimate of drug-likeness (QED) is 0.937. The Hall–Kier alpha value is -1.71. The number of aryl methyl sites for hydroxylation is 2. The Morgan fingerprint density at radius 1 is 1.14 bits per heavy atom. The number of piperazine rings is 1. The molecular formula is C18H23N3. The van der Waals surface area contributed by atoms with Crippen LogP contribution in [0.1, 0.15) is 16.8 Å². The third-order valence-electron chi connectivity index (χ3n) is 4.26. The fraction of sp³-hybridized carbons (Fsp3) is 0.389. The normalized spacial score (nSPS) is 16.1. The summed E-state index contributed by atoms with van der Waals surface area (Å²) in [7, 11) is 0. The highest BCUT2D eigenvalue weighted by Gasteiger charge is 2.12. The van der Waals surface area contributed by atoms with Crippen LogP contribution in [0.3, 0.4) is 0 Å². The van der Waals surface area contributed by atoms with E-state index >= 15 is 0 Å². The Labute approximate surface area is 127 Å². The van der Waals surface area contributed by atoms with E-state index in [2.05, 4.69) is 53.3 Å². The number of pyridine rings is 1. The highest BCUT2D eigenvalue weighted by atomic mass is 15.2. The summed E-state index contributed by atoms with van der Waals surface area (Å²) in [6.07, 6.45) is 1.85. The number of nitrogens with zero attached hydrogens (tertiary/aromatic N) is 2. The van der Waals surface area contributed by atoms with E-state index in [4.69, 9.17) is 0 Å². The number of benzene rings is 1. The predicted octanol–water partition coefficient (Wildman–Crippen LogP) is 2.77. The molecule has 1 aromatic carbocycles. The molecule has 0 spiro atoms. The van der Waals surface area contributed by atoms with Gasteiger partial charge in [0.1, 0.15) is 0 Å². The first-order valence-corrected chi connectivity index (χ1v) is 7.68. The van der Waals surface area contributed by atoms with Gasteiger partial charge in [-0.1, -0.05) is 24.3 Å². The molecule has 0 bridgehead atoms. The van der Waals surface area contributed by atoms with Crippen molar-refractivity contribution in [1.29, 1.82) is 0 Å². The van der Waals surface area contributed by atoms with Crippen LogP contribution in [-0.2, 0) is 6.54 Å². The van der Waals surface area contributed by atoms with Crippen LogP contribution in [0.15, 0.2) is 36.5 Å². The summed E-state index contributed by atoms with van der Waals surface area (Å²) in [5.41, 5.74) is 6.39. The molecule has 0 aliphatic carbocycles. The second-order valence-corrected chi connectivity index (χ2v) is 5.80. The summed E-state index contributed by atoms with van der Waals surface area (Å²) in [5.74, 6) is 0. The van der Waals surface area contributed by atoms with Gasteiger partial charge in [0.15, 0.2) is 0 Å². The van der Waals surface area contributed by atoms with Gasteiger partial charge >= 0.3 is 0 Å². The molecule has 0 amide bonds. The van der Waals surface area contributed by atoms with E-state index in [1.165, 1.54) is 22.3 Å². The molecule has 1 saturated heterocycles. The maximum Gasteiger partial charge on any atom is 0.0450 e. The number of rotatable bonds is 3. The zero-order valence-electron chi connectivity index (χ0n) is 12.9. The van der Waals surface area contributed by atoms with Gasteiger partial charge in [0.05, 0.1) is 0 Å². The molecule has 3 rings (SSSR count). The Kier molecular flexibility index (Phi) is 4.32. The summed E-state index contributed by atoms with van der Waals surface area (Å²) in [5, 5.41) is 3.40. The van der Waals surface area contributed by atoms with E-state index in [1.54, 1.807) is 0 Å². The monoisotopic (exact) mass is 281 g/mol. The number of hydrogen-bond donors (Lipinski definition) is 1. The van der Waals surface area contributed by atoms with Crippen molar-refractivity contribution in [3.05, 3.63) is 53.3 Å². The molecule has 0 unspecified atom stereocenters. The van der Waals surface area contributed by atoms with Crippen molar-refractivity contribution in [3.63, 3.8) is 0 Å². The van der Waals surface area contributed by atoms with Crippen molar-refractivity contribution in [2.24, 2.45) is 0 Å². The minimum atomic E-state index is 1.06. The second kappa shape index (κ2) is 6.37. The zero-order valence-corrected chi connectivity index (χ0v) is 12.9. The van der Waals surface area contributed by atoms with Crippen molar-refractivity contribution in [2.45, 2.75) is 20.4 Å². The molecule has 21 heavy (non-hydrogen) atoms. The van der Waals surface area contributed by atoms with Gasteiger partial charge in [-0.25, -0.2) is 0 Å². The number of hydrogen-bond acceptors (Lipinski definition) is 3. The van der Waals surface area contributed by atoms with E-state index in [0.717, 1.165) is 38.4 Å². The Balaban J connectivity index is 1.81. The molecule has 2 aromatic rings. The molecule has 1 aliphatic heterocycles. The molecule has 2 heterocycles. The topological polar surface area (TPSA) is 28.2 Å². The van der Waals surface area contributed by atoms with Gasteiger partial charge in [-0.3, -0.25) is 9.88 Å². The van der Waals surface area contributed by atoms with Crippen LogP contribution in [0.4, 0.5) is 0 Å². The molecular weight excluding hydrogens is 258 g/mol. The largest absolute Gasteiger partial charge is 0.314 e. The van der Waals surface area contributed by atoms with Crippen molar-refractivity contribution >= 4 is 0 Å². The predicted molar refractivity (Wildman–Crippen MR) is 87.3 cm³/mol. The highest BCUT2D eigenvalue weighted by Crippen LogP contribution is 2.24. The fourth-order valence-corrected chi connectivity index (χ4v) is 2.94. The minimum absolute atomic E-state index is 1.06. The third-order valence-corrected chi connectivity index (χ3v) is 4.26. The molecule has 3 heteroatoms. The summed E-state index contributed by atoms with van der Waals surface area (Å²) in [6, 6.07) is 11.0. The highest BCUT2D eigenvalue weighted by molar-refractivity contribution is 5.66. The number of aromatic nitrogens is 1. The molecule has 1 fully saturated rings. The van der Waals surface area contributed by atoms with Crippen LogP contribution in [0.25, 0.3) is 11.1 Å². The van der Waals surface area contributed by atoms with E-state index in [1.807, 2.05) is 12.3 Å². The van der Waals surface area contributed by atoms with Crippen molar-refractivity contribution in [1.82, 2.24) is 15.2 Å². The molecule has 0 radical (unpaired) electrons. The lowest BCUT2D eigenvalue weighted by molar-refractivity contribution is 0.233. The van der Waals surface area contributed by atoms with Crippen LogP contribution in [-0.4, -0.2) is 36.1 Å². The van der Waals surface area contributed by atoms with E-state index in [-0.39, 0.29) is 0 Å². The molecule has 1 aliphatic rings. The average Bonchev–Trinajstić information content (AvgIpc) is 2.51. The number of nitrogens with one attached hydrogen (secondary N) is 1. The van der Waals surface area contributed by atoms with Crippen LogP contribution < -0.4 is 5.32 Å². The SMILES string of the molecule is Cc1cc(-c2cccnc2C)ccc1CN1CCNCC1. The van der Waals surface area contributed by atoms with Crippen molar-refractivity contribution < 1.29 is 0 Å². The van der Waals surface area contributed by atoms with Crippen LogP contribution in [0.5, 0.6) is 0 Å². The Morgan fingerprint density at radius 2 is 1.95 bits per heavy atom.